The number of hydrogen-bond acceptors (Lipinski definition) is 5. The molecule has 25 heavy (non-hydrogen) atoms. The van der Waals surface area contributed by atoms with E-state index in [0.29, 0.717) is 34.1 Å². The molecule has 1 aromatic carbocycles. The number of amides is 1. The highest BCUT2D eigenvalue weighted by atomic mass is 79.9. The maximum absolute atomic E-state index is 12.3. The van der Waals surface area contributed by atoms with Gasteiger partial charge in [-0.1, -0.05) is 6.92 Å². The van der Waals surface area contributed by atoms with E-state index in [1.54, 1.807) is 17.0 Å². The van der Waals surface area contributed by atoms with Gasteiger partial charge in [-0.15, -0.1) is 0 Å². The second-order valence-electron chi connectivity index (χ2n) is 6.06. The third kappa shape index (κ3) is 5.11. The molecule has 0 atom stereocenters. The molecule has 1 aliphatic rings. The van der Waals surface area contributed by atoms with Crippen LogP contribution < -0.4 is 9.47 Å². The van der Waals surface area contributed by atoms with Gasteiger partial charge in [0.2, 0.25) is 0 Å². The SMILES string of the molecule is CCOc1cc(C(=O)OCC(=O)N2CCC(C)CC2)cc(Br)c1OC. The molecule has 0 unspecified atom stereocenters. The van der Waals surface area contributed by atoms with E-state index < -0.39 is 5.97 Å². The average Bonchev–Trinajstić information content (AvgIpc) is 2.60. The van der Waals surface area contributed by atoms with E-state index in [-0.39, 0.29) is 12.5 Å². The van der Waals surface area contributed by atoms with Gasteiger partial charge in [-0.05, 0) is 53.7 Å². The number of carbonyl (C=O) groups excluding carboxylic acids is 2. The minimum atomic E-state index is -0.567. The standard InChI is InChI=1S/C18H24BrNO5/c1-4-24-15-10-13(9-14(19)17(15)23-3)18(22)25-11-16(21)20-7-5-12(2)6-8-20/h9-10,12H,4-8,11H2,1-3H3. The third-order valence-corrected chi connectivity index (χ3v) is 4.80. The summed E-state index contributed by atoms with van der Waals surface area (Å²) in [6.45, 7) is 5.66. The number of ether oxygens (including phenoxy) is 3. The van der Waals surface area contributed by atoms with Crippen molar-refractivity contribution in [1.29, 1.82) is 0 Å². The van der Waals surface area contributed by atoms with Crippen LogP contribution in [0.15, 0.2) is 16.6 Å². The number of halogens is 1. The predicted molar refractivity (Wildman–Crippen MR) is 97.1 cm³/mol. The van der Waals surface area contributed by atoms with Gasteiger partial charge in [0, 0.05) is 13.1 Å². The minimum absolute atomic E-state index is 0.155. The summed E-state index contributed by atoms with van der Waals surface area (Å²) in [5, 5.41) is 0. The maximum atomic E-state index is 12.3. The molecule has 1 amide bonds. The van der Waals surface area contributed by atoms with Crippen LogP contribution in [0.4, 0.5) is 0 Å². The summed E-state index contributed by atoms with van der Waals surface area (Å²) in [7, 11) is 1.53. The van der Waals surface area contributed by atoms with Crippen LogP contribution in [-0.2, 0) is 9.53 Å². The van der Waals surface area contributed by atoms with Crippen LogP contribution in [0.2, 0.25) is 0 Å². The lowest BCUT2D eigenvalue weighted by Gasteiger charge is -2.30. The molecule has 0 bridgehead atoms. The number of esters is 1. The zero-order valence-electron chi connectivity index (χ0n) is 14.8. The predicted octanol–water partition coefficient (Wildman–Crippen LogP) is 3.27. The van der Waals surface area contributed by atoms with Crippen molar-refractivity contribution in [2.75, 3.05) is 33.4 Å². The van der Waals surface area contributed by atoms with E-state index in [0.717, 1.165) is 25.9 Å². The van der Waals surface area contributed by atoms with Gasteiger partial charge < -0.3 is 19.1 Å². The molecule has 1 fully saturated rings. The highest BCUT2D eigenvalue weighted by Gasteiger charge is 2.22. The van der Waals surface area contributed by atoms with Crippen LogP contribution in [0.5, 0.6) is 11.5 Å². The molecule has 1 heterocycles. The molecule has 0 aromatic heterocycles. The summed E-state index contributed by atoms with van der Waals surface area (Å²) in [6, 6.07) is 3.15. The first-order valence-corrected chi connectivity index (χ1v) is 9.20. The van der Waals surface area contributed by atoms with Crippen LogP contribution in [-0.4, -0.2) is 50.2 Å². The van der Waals surface area contributed by atoms with Crippen molar-refractivity contribution < 1.29 is 23.8 Å². The zero-order valence-corrected chi connectivity index (χ0v) is 16.4. The lowest BCUT2D eigenvalue weighted by atomic mass is 9.99. The molecule has 0 saturated carbocycles. The lowest BCUT2D eigenvalue weighted by molar-refractivity contribution is -0.135. The molecule has 1 aromatic rings. The number of carbonyl (C=O) groups is 2. The van der Waals surface area contributed by atoms with Crippen molar-refractivity contribution in [3.63, 3.8) is 0 Å². The number of likely N-dealkylation sites (tertiary alicyclic amines) is 1. The summed E-state index contributed by atoms with van der Waals surface area (Å²) in [4.78, 5) is 26.2. The van der Waals surface area contributed by atoms with E-state index in [9.17, 15) is 9.59 Å². The first kappa shape index (κ1) is 19.6. The van der Waals surface area contributed by atoms with Crippen LogP contribution >= 0.6 is 15.9 Å². The normalized spacial score (nSPS) is 15.0. The molecule has 0 aliphatic carbocycles. The Morgan fingerprint density at radius 3 is 2.56 bits per heavy atom. The van der Waals surface area contributed by atoms with Gasteiger partial charge in [0.15, 0.2) is 18.1 Å². The van der Waals surface area contributed by atoms with Crippen LogP contribution in [0.1, 0.15) is 37.0 Å². The molecule has 2 rings (SSSR count). The van der Waals surface area contributed by atoms with Crippen LogP contribution in [0.3, 0.4) is 0 Å². The Hall–Kier alpha value is -1.76. The summed E-state index contributed by atoms with van der Waals surface area (Å²) in [6.07, 6.45) is 1.98. The van der Waals surface area contributed by atoms with Gasteiger partial charge in [-0.25, -0.2) is 4.79 Å². The van der Waals surface area contributed by atoms with E-state index in [1.807, 2.05) is 6.92 Å². The zero-order chi connectivity index (χ0) is 18.4. The summed E-state index contributed by atoms with van der Waals surface area (Å²) >= 11 is 3.36. The van der Waals surface area contributed by atoms with Crippen molar-refractivity contribution in [2.45, 2.75) is 26.7 Å². The number of methoxy groups -OCH3 is 1. The second-order valence-corrected chi connectivity index (χ2v) is 6.92. The van der Waals surface area contributed by atoms with Crippen LogP contribution in [0.25, 0.3) is 0 Å². The molecular formula is C18H24BrNO5. The van der Waals surface area contributed by atoms with Crippen molar-refractivity contribution in [3.05, 3.63) is 22.2 Å². The molecule has 0 spiro atoms. The van der Waals surface area contributed by atoms with E-state index in [1.165, 1.54) is 7.11 Å². The number of hydrogen-bond donors (Lipinski definition) is 0. The van der Waals surface area contributed by atoms with E-state index >= 15 is 0 Å². The minimum Gasteiger partial charge on any atom is -0.492 e. The van der Waals surface area contributed by atoms with Crippen LogP contribution in [0, 0.1) is 5.92 Å². The highest BCUT2D eigenvalue weighted by Crippen LogP contribution is 2.36. The summed E-state index contributed by atoms with van der Waals surface area (Å²) in [5.41, 5.74) is 0.302. The molecule has 138 valence electrons. The molecular weight excluding hydrogens is 390 g/mol. The molecule has 0 radical (unpaired) electrons. The monoisotopic (exact) mass is 413 g/mol. The third-order valence-electron chi connectivity index (χ3n) is 4.21. The van der Waals surface area contributed by atoms with Gasteiger partial charge in [0.05, 0.1) is 23.8 Å². The van der Waals surface area contributed by atoms with Crippen molar-refractivity contribution in [3.8, 4) is 11.5 Å². The quantitative estimate of drug-likeness (QED) is 0.669. The Morgan fingerprint density at radius 1 is 1.28 bits per heavy atom. The fraction of sp³-hybridized carbons (Fsp3) is 0.556. The Labute approximate surface area is 156 Å². The summed E-state index contributed by atoms with van der Waals surface area (Å²) < 4.78 is 16.5. The highest BCUT2D eigenvalue weighted by molar-refractivity contribution is 9.10. The first-order chi connectivity index (χ1) is 12.0. The van der Waals surface area contributed by atoms with E-state index in [4.69, 9.17) is 14.2 Å². The van der Waals surface area contributed by atoms with Gasteiger partial charge in [0.25, 0.3) is 5.91 Å². The first-order valence-electron chi connectivity index (χ1n) is 8.41. The van der Waals surface area contributed by atoms with Gasteiger partial charge in [-0.2, -0.15) is 0 Å². The molecule has 1 aliphatic heterocycles. The van der Waals surface area contributed by atoms with Crippen molar-refractivity contribution in [1.82, 2.24) is 4.90 Å². The lowest BCUT2D eigenvalue weighted by Crippen LogP contribution is -2.40. The average molecular weight is 414 g/mol. The molecule has 7 heteroatoms. The van der Waals surface area contributed by atoms with Crippen molar-refractivity contribution in [2.24, 2.45) is 5.92 Å². The van der Waals surface area contributed by atoms with Gasteiger partial charge >= 0.3 is 5.97 Å². The van der Waals surface area contributed by atoms with E-state index in [2.05, 4.69) is 22.9 Å². The Kier molecular flexibility index (Phi) is 7.11. The second kappa shape index (κ2) is 9.08. The number of rotatable bonds is 6. The smallest absolute Gasteiger partial charge is 0.338 e. The maximum Gasteiger partial charge on any atom is 0.338 e. The fourth-order valence-corrected chi connectivity index (χ4v) is 3.31. The largest absolute Gasteiger partial charge is 0.492 e. The fourth-order valence-electron chi connectivity index (χ4n) is 2.71. The Bertz CT molecular complexity index is 626. The van der Waals surface area contributed by atoms with Gasteiger partial charge in [-0.3, -0.25) is 4.79 Å². The Balaban J connectivity index is 1.99. The Morgan fingerprint density at radius 2 is 1.96 bits per heavy atom. The number of benzene rings is 1. The number of piperidine rings is 1. The molecule has 1 saturated heterocycles. The number of nitrogens with zero attached hydrogens (tertiary/aromatic N) is 1. The topological polar surface area (TPSA) is 65.1 Å². The van der Waals surface area contributed by atoms with Gasteiger partial charge in [0.1, 0.15) is 0 Å². The summed E-state index contributed by atoms with van der Waals surface area (Å²) in [5.74, 6) is 0.876. The molecule has 0 N–H and O–H groups in total. The molecule has 6 nitrogen and oxygen atoms in total. The van der Waals surface area contributed by atoms with Crippen molar-refractivity contribution >= 4 is 27.8 Å².